The first kappa shape index (κ1) is 16.0. The molecule has 0 saturated carbocycles. The minimum atomic E-state index is -0.380. The summed E-state index contributed by atoms with van der Waals surface area (Å²) < 4.78 is 0. The lowest BCUT2D eigenvalue weighted by Gasteiger charge is -2.48. The Balaban J connectivity index is 3.06. The zero-order valence-corrected chi connectivity index (χ0v) is 13.1. The van der Waals surface area contributed by atoms with Crippen LogP contribution in [0.1, 0.15) is 60.8 Å². The molecule has 0 spiro atoms. The van der Waals surface area contributed by atoms with Crippen molar-refractivity contribution in [2.24, 2.45) is 5.92 Å². The van der Waals surface area contributed by atoms with E-state index in [0.29, 0.717) is 0 Å². The molecule has 4 nitrogen and oxygen atoms in total. The Morgan fingerprint density at radius 1 is 1.32 bits per heavy atom. The van der Waals surface area contributed by atoms with Crippen molar-refractivity contribution in [3.8, 4) is 0 Å². The predicted molar refractivity (Wildman–Crippen MR) is 76.7 cm³/mol. The largest absolute Gasteiger partial charge is 0.342 e. The Morgan fingerprint density at radius 3 is 2.37 bits per heavy atom. The smallest absolute Gasteiger partial charge is 0.246 e. The molecule has 1 aliphatic rings. The van der Waals surface area contributed by atoms with Crippen LogP contribution in [0.3, 0.4) is 0 Å². The highest BCUT2D eigenvalue weighted by atomic mass is 16.2. The first-order valence-electron chi connectivity index (χ1n) is 7.39. The van der Waals surface area contributed by atoms with Gasteiger partial charge in [0.1, 0.15) is 12.1 Å². The van der Waals surface area contributed by atoms with Gasteiger partial charge in [-0.25, -0.2) is 0 Å². The van der Waals surface area contributed by atoms with Gasteiger partial charge in [-0.15, -0.1) is 0 Å². The highest BCUT2D eigenvalue weighted by molar-refractivity contribution is 5.97. The summed E-state index contributed by atoms with van der Waals surface area (Å²) >= 11 is 0. The van der Waals surface area contributed by atoms with Crippen LogP contribution in [0.5, 0.6) is 0 Å². The number of nitrogens with one attached hydrogen (secondary N) is 1. The van der Waals surface area contributed by atoms with Crippen LogP contribution in [0.25, 0.3) is 0 Å². The molecule has 1 rings (SSSR count). The van der Waals surface area contributed by atoms with Crippen molar-refractivity contribution in [3.05, 3.63) is 0 Å². The molecule has 1 fully saturated rings. The van der Waals surface area contributed by atoms with Crippen molar-refractivity contribution in [2.75, 3.05) is 0 Å². The molecular weight excluding hydrogens is 240 g/mol. The fourth-order valence-corrected chi connectivity index (χ4v) is 2.97. The quantitative estimate of drug-likeness (QED) is 0.832. The molecule has 0 aromatic heterocycles. The molecule has 4 heteroatoms. The molecule has 2 amide bonds. The van der Waals surface area contributed by atoms with Crippen LogP contribution in [0.15, 0.2) is 0 Å². The van der Waals surface area contributed by atoms with Gasteiger partial charge in [-0.2, -0.15) is 0 Å². The van der Waals surface area contributed by atoms with E-state index in [1.807, 2.05) is 20.8 Å². The van der Waals surface area contributed by atoms with E-state index in [1.54, 1.807) is 4.90 Å². The molecule has 1 N–H and O–H groups in total. The summed E-state index contributed by atoms with van der Waals surface area (Å²) in [7, 11) is 0. The van der Waals surface area contributed by atoms with Crippen LogP contribution in [-0.2, 0) is 9.59 Å². The molecule has 0 aliphatic carbocycles. The van der Waals surface area contributed by atoms with E-state index in [2.05, 4.69) is 26.1 Å². The lowest BCUT2D eigenvalue weighted by atomic mass is 9.88. The Bertz CT molecular complexity index is 352. The number of hydrogen-bond donors (Lipinski definition) is 1. The molecule has 0 aromatic rings. The standard InChI is InChI=1S/C15H28N2O2/c1-7-9-15(5,6)17-11(4)13(18)16-12(14(17)19)10(3)8-2/h10-12H,7-9H2,1-6H3,(H,16,18). The van der Waals surface area contributed by atoms with Crippen molar-refractivity contribution in [1.29, 1.82) is 0 Å². The summed E-state index contributed by atoms with van der Waals surface area (Å²) in [5, 5.41) is 2.88. The highest BCUT2D eigenvalue weighted by Crippen LogP contribution is 2.28. The van der Waals surface area contributed by atoms with Gasteiger partial charge in [-0.1, -0.05) is 33.6 Å². The maximum Gasteiger partial charge on any atom is 0.246 e. The van der Waals surface area contributed by atoms with Crippen molar-refractivity contribution in [1.82, 2.24) is 10.2 Å². The summed E-state index contributed by atoms with van der Waals surface area (Å²) in [4.78, 5) is 26.6. The van der Waals surface area contributed by atoms with Gasteiger partial charge in [0.25, 0.3) is 0 Å². The molecular formula is C15H28N2O2. The average molecular weight is 268 g/mol. The summed E-state index contributed by atoms with van der Waals surface area (Å²) in [5.74, 6) is 0.206. The van der Waals surface area contributed by atoms with Crippen LogP contribution >= 0.6 is 0 Å². The summed E-state index contributed by atoms with van der Waals surface area (Å²) in [6.45, 7) is 12.1. The number of hydrogen-bond acceptors (Lipinski definition) is 2. The molecule has 1 heterocycles. The van der Waals surface area contributed by atoms with Gasteiger partial charge >= 0.3 is 0 Å². The lowest BCUT2D eigenvalue weighted by Crippen LogP contribution is -2.68. The molecule has 0 aromatic carbocycles. The summed E-state index contributed by atoms with van der Waals surface area (Å²) in [5.41, 5.74) is -0.269. The topological polar surface area (TPSA) is 49.4 Å². The predicted octanol–water partition coefficient (Wildman–Crippen LogP) is 2.33. The van der Waals surface area contributed by atoms with Crippen molar-refractivity contribution >= 4 is 11.8 Å². The van der Waals surface area contributed by atoms with Crippen LogP contribution in [0.2, 0.25) is 0 Å². The summed E-state index contributed by atoms with van der Waals surface area (Å²) in [6.07, 6.45) is 2.79. The second kappa shape index (κ2) is 5.93. The van der Waals surface area contributed by atoms with Gasteiger partial charge in [0.2, 0.25) is 11.8 Å². The maximum absolute atomic E-state index is 12.7. The van der Waals surface area contributed by atoms with Crippen LogP contribution in [-0.4, -0.2) is 34.3 Å². The van der Waals surface area contributed by atoms with Crippen molar-refractivity contribution < 1.29 is 9.59 Å². The lowest BCUT2D eigenvalue weighted by molar-refractivity contribution is -0.156. The van der Waals surface area contributed by atoms with Crippen LogP contribution in [0, 0.1) is 5.92 Å². The molecule has 19 heavy (non-hydrogen) atoms. The van der Waals surface area contributed by atoms with Gasteiger partial charge < -0.3 is 10.2 Å². The maximum atomic E-state index is 12.7. The van der Waals surface area contributed by atoms with Gasteiger partial charge in [0.15, 0.2) is 0 Å². The Labute approximate surface area is 116 Å². The zero-order valence-electron chi connectivity index (χ0n) is 13.1. The molecule has 1 saturated heterocycles. The van der Waals surface area contributed by atoms with E-state index >= 15 is 0 Å². The minimum absolute atomic E-state index is 0.0333. The number of carbonyl (C=O) groups is 2. The highest BCUT2D eigenvalue weighted by Gasteiger charge is 2.45. The second-order valence-corrected chi connectivity index (χ2v) is 6.32. The Hall–Kier alpha value is -1.06. The molecule has 3 atom stereocenters. The monoisotopic (exact) mass is 268 g/mol. The molecule has 0 bridgehead atoms. The van der Waals surface area contributed by atoms with E-state index in [0.717, 1.165) is 19.3 Å². The molecule has 0 radical (unpaired) electrons. The van der Waals surface area contributed by atoms with Crippen molar-refractivity contribution in [2.45, 2.75) is 78.4 Å². The fraction of sp³-hybridized carbons (Fsp3) is 0.867. The minimum Gasteiger partial charge on any atom is -0.342 e. The zero-order chi connectivity index (χ0) is 14.8. The summed E-state index contributed by atoms with van der Waals surface area (Å²) in [6, 6.07) is -0.751. The third kappa shape index (κ3) is 3.10. The Morgan fingerprint density at radius 2 is 1.89 bits per heavy atom. The van der Waals surface area contributed by atoms with E-state index in [4.69, 9.17) is 0 Å². The van der Waals surface area contributed by atoms with E-state index in [1.165, 1.54) is 0 Å². The van der Waals surface area contributed by atoms with E-state index < -0.39 is 0 Å². The van der Waals surface area contributed by atoms with Gasteiger partial charge in [-0.05, 0) is 33.1 Å². The molecule has 3 unspecified atom stereocenters. The normalized spacial score (nSPS) is 26.3. The third-order valence-corrected chi connectivity index (χ3v) is 4.29. The first-order chi connectivity index (χ1) is 8.76. The number of nitrogens with zero attached hydrogens (tertiary/aromatic N) is 1. The van der Waals surface area contributed by atoms with E-state index in [9.17, 15) is 9.59 Å². The van der Waals surface area contributed by atoms with Crippen LogP contribution < -0.4 is 5.32 Å². The van der Waals surface area contributed by atoms with Gasteiger partial charge in [0.05, 0.1) is 0 Å². The SMILES string of the molecule is CCCC(C)(C)N1C(=O)C(C(C)CC)NC(=O)C1C. The number of rotatable bonds is 5. The average Bonchev–Trinajstić information content (AvgIpc) is 2.32. The van der Waals surface area contributed by atoms with Gasteiger partial charge in [-0.3, -0.25) is 9.59 Å². The third-order valence-electron chi connectivity index (χ3n) is 4.29. The first-order valence-corrected chi connectivity index (χ1v) is 7.39. The van der Waals surface area contributed by atoms with Gasteiger partial charge in [0, 0.05) is 5.54 Å². The Kier molecular flexibility index (Phi) is 4.99. The number of amides is 2. The fourth-order valence-electron chi connectivity index (χ4n) is 2.97. The van der Waals surface area contributed by atoms with E-state index in [-0.39, 0.29) is 35.4 Å². The molecule has 1 aliphatic heterocycles. The number of piperazine rings is 1. The van der Waals surface area contributed by atoms with Crippen molar-refractivity contribution in [3.63, 3.8) is 0 Å². The second-order valence-electron chi connectivity index (χ2n) is 6.32. The number of carbonyl (C=O) groups excluding carboxylic acids is 2. The van der Waals surface area contributed by atoms with Crippen LogP contribution in [0.4, 0.5) is 0 Å². The molecule has 110 valence electrons.